The molecule has 7 nitrogen and oxygen atoms in total. The summed E-state index contributed by atoms with van der Waals surface area (Å²) in [5, 5.41) is 16.4. The minimum Gasteiger partial charge on any atom is -0.480 e. The van der Waals surface area contributed by atoms with Gasteiger partial charge in [-0.2, -0.15) is 4.98 Å². The highest BCUT2D eigenvalue weighted by molar-refractivity contribution is 5.74. The number of carbonyl (C=O) groups is 1. The molecule has 4 rings (SSSR count). The Balaban J connectivity index is 1.42. The molecule has 0 saturated carbocycles. The van der Waals surface area contributed by atoms with E-state index in [1.807, 2.05) is 30.3 Å². The molecule has 7 heteroatoms. The number of aromatic nitrogens is 2. The second-order valence-corrected chi connectivity index (χ2v) is 6.73. The number of hydrogen-bond donors (Lipinski definition) is 2. The van der Waals surface area contributed by atoms with E-state index in [4.69, 9.17) is 9.63 Å². The third-order valence-electron chi connectivity index (χ3n) is 5.20. The topological polar surface area (TPSA) is 91.5 Å². The predicted molar refractivity (Wildman–Crippen MR) is 87.7 cm³/mol. The van der Waals surface area contributed by atoms with Crippen molar-refractivity contribution in [2.75, 3.05) is 24.5 Å². The van der Waals surface area contributed by atoms with Gasteiger partial charge in [0.15, 0.2) is 0 Å². The van der Waals surface area contributed by atoms with Crippen LogP contribution < -0.4 is 10.2 Å². The molecule has 1 aromatic heterocycles. The first-order valence-corrected chi connectivity index (χ1v) is 8.26. The summed E-state index contributed by atoms with van der Waals surface area (Å²) in [5.74, 6) is 0.392. The lowest BCUT2D eigenvalue weighted by atomic mass is 9.76. The van der Waals surface area contributed by atoms with Gasteiger partial charge in [0.05, 0.1) is 0 Å². The molecule has 2 aromatic rings. The highest BCUT2D eigenvalue weighted by atomic mass is 16.5. The van der Waals surface area contributed by atoms with Crippen molar-refractivity contribution in [3.05, 3.63) is 30.3 Å². The summed E-state index contributed by atoms with van der Waals surface area (Å²) in [6, 6.07) is 9.31. The van der Waals surface area contributed by atoms with Crippen LogP contribution in [0.5, 0.6) is 0 Å². The Morgan fingerprint density at radius 1 is 1.29 bits per heavy atom. The summed E-state index contributed by atoms with van der Waals surface area (Å²) in [6.07, 6.45) is 2.59. The zero-order valence-electron chi connectivity index (χ0n) is 13.3. The van der Waals surface area contributed by atoms with Crippen molar-refractivity contribution < 1.29 is 14.4 Å². The van der Waals surface area contributed by atoms with Gasteiger partial charge >= 0.3 is 5.97 Å². The van der Waals surface area contributed by atoms with E-state index in [0.717, 1.165) is 38.0 Å². The quantitative estimate of drug-likeness (QED) is 0.887. The van der Waals surface area contributed by atoms with E-state index >= 15 is 0 Å². The van der Waals surface area contributed by atoms with Crippen molar-refractivity contribution in [3.8, 4) is 11.5 Å². The van der Waals surface area contributed by atoms with Gasteiger partial charge in [-0.15, -0.1) is 0 Å². The molecule has 1 aromatic carbocycles. The Bertz CT molecular complexity index is 722. The Labute approximate surface area is 139 Å². The van der Waals surface area contributed by atoms with Crippen molar-refractivity contribution >= 4 is 11.9 Å². The fourth-order valence-corrected chi connectivity index (χ4v) is 3.70. The average molecular weight is 328 g/mol. The van der Waals surface area contributed by atoms with E-state index < -0.39 is 12.0 Å². The Morgan fingerprint density at radius 3 is 2.71 bits per heavy atom. The molecular weight excluding hydrogens is 308 g/mol. The zero-order chi connectivity index (χ0) is 16.6. The lowest BCUT2D eigenvalue weighted by Crippen LogP contribution is -2.41. The van der Waals surface area contributed by atoms with Crippen LogP contribution in [0.3, 0.4) is 0 Å². The van der Waals surface area contributed by atoms with Gasteiger partial charge in [-0.1, -0.05) is 18.2 Å². The monoisotopic (exact) mass is 328 g/mol. The summed E-state index contributed by atoms with van der Waals surface area (Å²) in [6.45, 7) is 2.42. The molecule has 126 valence electrons. The van der Waals surface area contributed by atoms with Crippen molar-refractivity contribution in [3.63, 3.8) is 0 Å². The molecule has 1 atom stereocenters. The number of carboxylic acid groups (broad SMARTS) is 1. The lowest BCUT2D eigenvalue weighted by Gasteiger charge is -2.38. The Hall–Kier alpha value is -2.41. The maximum absolute atomic E-state index is 11.1. The van der Waals surface area contributed by atoms with Crippen molar-refractivity contribution in [2.24, 2.45) is 5.41 Å². The Kier molecular flexibility index (Phi) is 3.72. The second-order valence-electron chi connectivity index (χ2n) is 6.73. The molecule has 24 heavy (non-hydrogen) atoms. The largest absolute Gasteiger partial charge is 0.480 e. The Morgan fingerprint density at radius 2 is 2.04 bits per heavy atom. The second kappa shape index (κ2) is 5.90. The molecule has 0 bridgehead atoms. The average Bonchev–Trinajstić information content (AvgIpc) is 3.25. The molecule has 0 amide bonds. The number of nitrogens with one attached hydrogen (secondary N) is 1. The molecule has 1 spiro atoms. The van der Waals surface area contributed by atoms with Gasteiger partial charge in [0, 0.05) is 25.2 Å². The van der Waals surface area contributed by atoms with Crippen molar-refractivity contribution in [1.29, 1.82) is 0 Å². The van der Waals surface area contributed by atoms with Gasteiger partial charge in [-0.3, -0.25) is 4.79 Å². The molecule has 0 radical (unpaired) electrons. The van der Waals surface area contributed by atoms with Crippen LogP contribution in [-0.2, 0) is 4.79 Å². The van der Waals surface area contributed by atoms with Crippen LogP contribution in [0.1, 0.15) is 19.3 Å². The maximum atomic E-state index is 11.1. The first-order valence-electron chi connectivity index (χ1n) is 8.26. The maximum Gasteiger partial charge on any atom is 0.320 e. The van der Waals surface area contributed by atoms with Crippen LogP contribution in [0.25, 0.3) is 11.5 Å². The number of benzene rings is 1. The minimum atomic E-state index is -0.750. The van der Waals surface area contributed by atoms with E-state index in [9.17, 15) is 4.79 Å². The first kappa shape index (κ1) is 15.1. The van der Waals surface area contributed by atoms with E-state index in [-0.39, 0.29) is 5.41 Å². The smallest absolute Gasteiger partial charge is 0.320 e. The summed E-state index contributed by atoms with van der Waals surface area (Å²) >= 11 is 0. The molecule has 2 fully saturated rings. The fraction of sp³-hybridized carbons (Fsp3) is 0.471. The molecular formula is C17H20N4O3. The van der Waals surface area contributed by atoms with Crippen LogP contribution >= 0.6 is 0 Å². The van der Waals surface area contributed by atoms with Crippen LogP contribution in [0.2, 0.25) is 0 Å². The number of rotatable bonds is 3. The van der Waals surface area contributed by atoms with Gasteiger partial charge in [0.1, 0.15) is 6.04 Å². The molecule has 2 saturated heterocycles. The highest BCUT2D eigenvalue weighted by Crippen LogP contribution is 2.40. The zero-order valence-corrected chi connectivity index (χ0v) is 13.3. The van der Waals surface area contributed by atoms with Crippen LogP contribution in [0, 0.1) is 5.41 Å². The lowest BCUT2D eigenvalue weighted by molar-refractivity contribution is -0.139. The highest BCUT2D eigenvalue weighted by Gasteiger charge is 2.44. The minimum absolute atomic E-state index is 0.0888. The van der Waals surface area contributed by atoms with Crippen LogP contribution in [0.4, 0.5) is 5.95 Å². The molecule has 2 aliphatic rings. The number of hydrogen-bond acceptors (Lipinski definition) is 6. The SMILES string of the molecule is O=C(O)[C@H]1CC2(CCN(c3noc(-c4ccccc4)n3)CC2)CN1. The van der Waals surface area contributed by atoms with Gasteiger partial charge in [-0.05, 0) is 42.0 Å². The van der Waals surface area contributed by atoms with E-state index in [0.29, 0.717) is 18.3 Å². The summed E-state index contributed by atoms with van der Waals surface area (Å²) in [5.41, 5.74) is 1.000. The van der Waals surface area contributed by atoms with E-state index in [2.05, 4.69) is 20.4 Å². The van der Waals surface area contributed by atoms with E-state index in [1.54, 1.807) is 0 Å². The molecule has 2 N–H and O–H groups in total. The first-order chi connectivity index (χ1) is 11.7. The van der Waals surface area contributed by atoms with Gasteiger partial charge in [0.25, 0.3) is 11.8 Å². The summed E-state index contributed by atoms with van der Waals surface area (Å²) < 4.78 is 5.38. The number of aliphatic carboxylic acids is 1. The number of anilines is 1. The molecule has 0 aliphatic carbocycles. The third kappa shape index (κ3) is 2.75. The van der Waals surface area contributed by atoms with E-state index in [1.165, 1.54) is 0 Å². The van der Waals surface area contributed by atoms with Crippen molar-refractivity contribution in [2.45, 2.75) is 25.3 Å². The predicted octanol–water partition coefficient (Wildman–Crippen LogP) is 1.77. The van der Waals surface area contributed by atoms with Crippen LogP contribution in [0.15, 0.2) is 34.9 Å². The molecule has 0 unspecified atom stereocenters. The number of carboxylic acids is 1. The van der Waals surface area contributed by atoms with Crippen LogP contribution in [-0.4, -0.2) is 46.9 Å². The molecule has 2 aliphatic heterocycles. The van der Waals surface area contributed by atoms with Crippen molar-refractivity contribution in [1.82, 2.24) is 15.5 Å². The molecule has 3 heterocycles. The number of piperidine rings is 1. The van der Waals surface area contributed by atoms with Gasteiger partial charge in [0.2, 0.25) is 0 Å². The third-order valence-corrected chi connectivity index (χ3v) is 5.20. The summed E-state index contributed by atoms with van der Waals surface area (Å²) in [7, 11) is 0. The van der Waals surface area contributed by atoms with Gasteiger partial charge in [-0.25, -0.2) is 0 Å². The normalized spacial score (nSPS) is 22.8. The standard InChI is InChI=1S/C17H20N4O3/c22-15(23)13-10-17(11-18-13)6-8-21(9-7-17)16-19-14(24-20-16)12-4-2-1-3-5-12/h1-5,13,18H,6-11H2,(H,22,23)/t13-/m1/s1. The van der Waals surface area contributed by atoms with Gasteiger partial charge < -0.3 is 19.8 Å². The number of nitrogens with zero attached hydrogens (tertiary/aromatic N) is 3. The fourth-order valence-electron chi connectivity index (χ4n) is 3.70. The summed E-state index contributed by atoms with van der Waals surface area (Å²) in [4.78, 5) is 17.8.